The third kappa shape index (κ3) is 5.68. The summed E-state index contributed by atoms with van der Waals surface area (Å²) in [6.07, 6.45) is 0. The second-order valence-electron chi connectivity index (χ2n) is 9.13. The van der Waals surface area contributed by atoms with Crippen LogP contribution in [-0.4, -0.2) is 61.3 Å². The van der Waals surface area contributed by atoms with E-state index in [0.29, 0.717) is 39.3 Å². The Kier molecular flexibility index (Phi) is 7.38. The van der Waals surface area contributed by atoms with Crippen molar-refractivity contribution in [3.05, 3.63) is 77.4 Å². The minimum atomic E-state index is -0.669. The van der Waals surface area contributed by atoms with Crippen molar-refractivity contribution in [2.24, 2.45) is 0 Å². The Bertz CT molecular complexity index is 1430. The molecule has 1 aromatic heterocycles. The van der Waals surface area contributed by atoms with Gasteiger partial charge in [-0.2, -0.15) is 5.10 Å². The van der Waals surface area contributed by atoms with Crippen LogP contribution in [0.25, 0.3) is 10.9 Å². The van der Waals surface area contributed by atoms with Crippen LogP contribution >= 0.6 is 0 Å². The summed E-state index contributed by atoms with van der Waals surface area (Å²) in [7, 11) is 3.59. The van der Waals surface area contributed by atoms with Crippen molar-refractivity contribution in [3.8, 4) is 5.75 Å². The van der Waals surface area contributed by atoms with Gasteiger partial charge in [0.1, 0.15) is 24.0 Å². The van der Waals surface area contributed by atoms with Gasteiger partial charge >= 0.3 is 0 Å². The van der Waals surface area contributed by atoms with Gasteiger partial charge in [0.2, 0.25) is 0 Å². The summed E-state index contributed by atoms with van der Waals surface area (Å²) in [6, 6.07) is 14.0. The predicted octanol–water partition coefficient (Wildman–Crippen LogP) is 4.40. The van der Waals surface area contributed by atoms with Crippen LogP contribution in [0.3, 0.4) is 0 Å². The SMILES string of the molecule is CONc1cc(N2CCN(C)CC2)ccc1C(=O)Nc1n[nH]c2ccc(OCc3cc(F)cc(F)c3)cc12. The first-order valence-corrected chi connectivity index (χ1v) is 12.1. The zero-order chi connectivity index (χ0) is 26.6. The molecule has 0 unspecified atom stereocenters. The van der Waals surface area contributed by atoms with Gasteiger partial charge in [-0.25, -0.2) is 8.78 Å². The van der Waals surface area contributed by atoms with E-state index in [1.165, 1.54) is 19.2 Å². The summed E-state index contributed by atoms with van der Waals surface area (Å²) >= 11 is 0. The number of hydrogen-bond donors (Lipinski definition) is 3. The maximum Gasteiger partial charge on any atom is 0.259 e. The number of amides is 1. The monoisotopic (exact) mass is 522 g/mol. The molecule has 38 heavy (non-hydrogen) atoms. The quantitative estimate of drug-likeness (QED) is 0.295. The lowest BCUT2D eigenvalue weighted by Crippen LogP contribution is -2.44. The normalized spacial score (nSPS) is 14.1. The summed E-state index contributed by atoms with van der Waals surface area (Å²) < 4.78 is 32.7. The zero-order valence-electron chi connectivity index (χ0n) is 21.1. The molecule has 0 bridgehead atoms. The van der Waals surface area contributed by atoms with Crippen molar-refractivity contribution >= 4 is 34.0 Å². The number of carbonyl (C=O) groups is 1. The van der Waals surface area contributed by atoms with Gasteiger partial charge in [-0.05, 0) is 61.1 Å². The molecule has 1 saturated heterocycles. The average Bonchev–Trinajstić information content (AvgIpc) is 3.29. The first-order valence-electron chi connectivity index (χ1n) is 12.1. The molecule has 3 N–H and O–H groups in total. The molecule has 11 heteroatoms. The molecule has 1 aliphatic rings. The van der Waals surface area contributed by atoms with Crippen molar-refractivity contribution < 1.29 is 23.1 Å². The van der Waals surface area contributed by atoms with Gasteiger partial charge in [0.15, 0.2) is 5.82 Å². The van der Waals surface area contributed by atoms with Gasteiger partial charge in [-0.3, -0.25) is 20.2 Å². The van der Waals surface area contributed by atoms with E-state index in [2.05, 4.69) is 37.8 Å². The molecule has 1 aliphatic heterocycles. The predicted molar refractivity (Wildman–Crippen MR) is 142 cm³/mol. The number of ether oxygens (including phenoxy) is 1. The fourth-order valence-electron chi connectivity index (χ4n) is 4.40. The van der Waals surface area contributed by atoms with E-state index in [-0.39, 0.29) is 12.5 Å². The van der Waals surface area contributed by atoms with E-state index in [0.717, 1.165) is 37.9 Å². The van der Waals surface area contributed by atoms with Crippen LogP contribution in [0.5, 0.6) is 5.75 Å². The molecular formula is C27H28F2N6O3. The van der Waals surface area contributed by atoms with Gasteiger partial charge in [0, 0.05) is 43.3 Å². The molecule has 0 aliphatic carbocycles. The van der Waals surface area contributed by atoms with Crippen LogP contribution in [0.1, 0.15) is 15.9 Å². The number of benzene rings is 3. The standard InChI is InChI=1S/C27H28F2N6O3/c1-34-7-9-35(10-8-34)20-3-5-22(25(14-20)33-37-2)27(36)30-26-23-15-21(4-6-24(23)31-32-26)38-16-17-11-18(28)13-19(29)12-17/h3-6,11-15,33H,7-10,16H2,1-2H3,(H2,30,31,32,36). The van der Waals surface area contributed by atoms with Gasteiger partial charge in [0.05, 0.1) is 23.9 Å². The van der Waals surface area contributed by atoms with Gasteiger partial charge < -0.3 is 19.9 Å². The molecule has 1 amide bonds. The molecule has 0 spiro atoms. The van der Waals surface area contributed by atoms with Crippen LogP contribution in [0.4, 0.5) is 26.0 Å². The Labute approximate surface area is 218 Å². The Balaban J connectivity index is 1.33. The first-order chi connectivity index (χ1) is 18.4. The zero-order valence-corrected chi connectivity index (χ0v) is 21.1. The minimum absolute atomic E-state index is 0.0224. The minimum Gasteiger partial charge on any atom is -0.489 e. The smallest absolute Gasteiger partial charge is 0.259 e. The third-order valence-corrected chi connectivity index (χ3v) is 6.42. The number of hydrogen-bond acceptors (Lipinski definition) is 7. The number of nitrogens with one attached hydrogen (secondary N) is 3. The largest absolute Gasteiger partial charge is 0.489 e. The number of nitrogens with zero attached hydrogens (tertiary/aromatic N) is 3. The van der Waals surface area contributed by atoms with Crippen LogP contribution in [0.15, 0.2) is 54.6 Å². The lowest BCUT2D eigenvalue weighted by molar-refractivity contribution is 0.102. The highest BCUT2D eigenvalue weighted by atomic mass is 19.1. The van der Waals surface area contributed by atoms with Crippen molar-refractivity contribution in [1.29, 1.82) is 0 Å². The summed E-state index contributed by atoms with van der Waals surface area (Å²) in [5, 5.41) is 10.6. The lowest BCUT2D eigenvalue weighted by atomic mass is 10.1. The molecule has 2 heterocycles. The number of fused-ring (bicyclic) bond motifs is 1. The average molecular weight is 523 g/mol. The molecular weight excluding hydrogens is 494 g/mol. The number of piperazine rings is 1. The topological polar surface area (TPSA) is 94.8 Å². The first kappa shape index (κ1) is 25.4. The molecule has 0 saturated carbocycles. The fourth-order valence-corrected chi connectivity index (χ4v) is 4.40. The summed E-state index contributed by atoms with van der Waals surface area (Å²) in [4.78, 5) is 22.9. The Morgan fingerprint density at radius 1 is 1.03 bits per heavy atom. The van der Waals surface area contributed by atoms with Crippen LogP contribution in [0.2, 0.25) is 0 Å². The van der Waals surface area contributed by atoms with Crippen LogP contribution in [-0.2, 0) is 11.4 Å². The van der Waals surface area contributed by atoms with Crippen molar-refractivity contribution in [1.82, 2.24) is 15.1 Å². The molecule has 1 fully saturated rings. The highest BCUT2D eigenvalue weighted by molar-refractivity contribution is 6.11. The molecule has 9 nitrogen and oxygen atoms in total. The number of likely N-dealkylation sites (N-methyl/N-ethyl adjacent to an activating group) is 1. The highest BCUT2D eigenvalue weighted by Gasteiger charge is 2.19. The van der Waals surface area contributed by atoms with Crippen molar-refractivity contribution in [3.63, 3.8) is 0 Å². The molecule has 5 rings (SSSR count). The van der Waals surface area contributed by atoms with Crippen LogP contribution < -0.4 is 20.4 Å². The molecule has 4 aromatic rings. The van der Waals surface area contributed by atoms with Gasteiger partial charge in [0.25, 0.3) is 5.91 Å². The fraction of sp³-hybridized carbons (Fsp3) is 0.259. The molecule has 0 atom stereocenters. The van der Waals surface area contributed by atoms with Crippen LogP contribution in [0, 0.1) is 11.6 Å². The second kappa shape index (κ2) is 11.0. The number of H-pyrrole nitrogens is 1. The number of rotatable bonds is 8. The van der Waals surface area contributed by atoms with E-state index >= 15 is 0 Å². The Hall–Kier alpha value is -4.22. The number of aromatic nitrogens is 2. The molecule has 198 valence electrons. The number of aromatic amines is 1. The molecule has 3 aromatic carbocycles. The van der Waals surface area contributed by atoms with Crippen molar-refractivity contribution in [2.45, 2.75) is 6.61 Å². The highest BCUT2D eigenvalue weighted by Crippen LogP contribution is 2.29. The van der Waals surface area contributed by atoms with Gasteiger partial charge in [-0.1, -0.05) is 0 Å². The maximum atomic E-state index is 13.5. The second-order valence-corrected chi connectivity index (χ2v) is 9.13. The van der Waals surface area contributed by atoms with E-state index in [4.69, 9.17) is 9.57 Å². The number of anilines is 3. The van der Waals surface area contributed by atoms with E-state index in [1.54, 1.807) is 24.3 Å². The van der Waals surface area contributed by atoms with E-state index < -0.39 is 11.6 Å². The van der Waals surface area contributed by atoms with Crippen molar-refractivity contribution in [2.75, 3.05) is 56.0 Å². The van der Waals surface area contributed by atoms with Gasteiger partial charge in [-0.15, -0.1) is 0 Å². The Morgan fingerprint density at radius 2 is 1.79 bits per heavy atom. The number of carbonyl (C=O) groups excluding carboxylic acids is 1. The summed E-state index contributed by atoms with van der Waals surface area (Å²) in [5.41, 5.74) is 5.78. The van der Waals surface area contributed by atoms with E-state index in [9.17, 15) is 13.6 Å². The number of halogens is 2. The Morgan fingerprint density at radius 3 is 2.53 bits per heavy atom. The lowest BCUT2D eigenvalue weighted by Gasteiger charge is -2.34. The maximum absolute atomic E-state index is 13.5. The summed E-state index contributed by atoms with van der Waals surface area (Å²) in [5.74, 6) is -0.934. The third-order valence-electron chi connectivity index (χ3n) is 6.42. The summed E-state index contributed by atoms with van der Waals surface area (Å²) in [6.45, 7) is 3.70. The van der Waals surface area contributed by atoms with E-state index in [1.807, 2.05) is 12.1 Å². The molecule has 0 radical (unpaired) electrons.